The van der Waals surface area contributed by atoms with Gasteiger partial charge in [0.1, 0.15) is 11.3 Å². The molecule has 0 fully saturated rings. The molecule has 0 spiro atoms. The number of fused-ring (bicyclic) bond motifs is 1. The van der Waals surface area contributed by atoms with Crippen molar-refractivity contribution in [3.05, 3.63) is 68.5 Å². The van der Waals surface area contributed by atoms with Crippen LogP contribution in [0.15, 0.2) is 66.1 Å². The second-order valence-corrected chi connectivity index (χ2v) is 8.57. The number of carbonyl (C=O) groups excluding carboxylic acids is 1. The Morgan fingerprint density at radius 1 is 1.21 bits per heavy atom. The van der Waals surface area contributed by atoms with E-state index in [9.17, 15) is 18.0 Å². The minimum absolute atomic E-state index is 0.0615. The lowest BCUT2D eigenvalue weighted by atomic mass is 10.1. The first-order chi connectivity index (χ1) is 13.7. The van der Waals surface area contributed by atoms with Crippen LogP contribution < -0.4 is 15.2 Å². The van der Waals surface area contributed by atoms with Crippen LogP contribution in [-0.4, -0.2) is 20.6 Å². The van der Waals surface area contributed by atoms with Crippen molar-refractivity contribution in [2.45, 2.75) is 18.7 Å². The van der Waals surface area contributed by atoms with Crippen molar-refractivity contribution >= 4 is 49.1 Å². The van der Waals surface area contributed by atoms with Gasteiger partial charge in [-0.1, -0.05) is 17.7 Å². The molecule has 10 heteroatoms. The average Bonchev–Trinajstić information content (AvgIpc) is 2.63. The highest BCUT2D eigenvalue weighted by Crippen LogP contribution is 2.31. The number of halogens is 1. The fourth-order valence-electron chi connectivity index (χ4n) is 2.46. The number of benzene rings is 2. The van der Waals surface area contributed by atoms with Gasteiger partial charge in [0, 0.05) is 30.0 Å². The molecule has 3 aromatic rings. The quantitative estimate of drug-likeness (QED) is 0.198. The van der Waals surface area contributed by atoms with Crippen LogP contribution in [0.2, 0.25) is 0 Å². The van der Waals surface area contributed by atoms with Gasteiger partial charge >= 0.3 is 11.6 Å². The normalized spacial score (nSPS) is 11.7. The minimum Gasteiger partial charge on any atom is -0.425 e. The number of hydrazone groups is 1. The molecular weight excluding hydrogens is 464 g/mol. The molecule has 0 aliphatic carbocycles. The lowest BCUT2D eigenvalue weighted by molar-refractivity contribution is -0.131. The van der Waals surface area contributed by atoms with Gasteiger partial charge in [-0.15, -0.1) is 0 Å². The summed E-state index contributed by atoms with van der Waals surface area (Å²) in [6.45, 7) is 3.09. The molecule has 1 heterocycles. The lowest BCUT2D eigenvalue weighted by Crippen LogP contribution is -2.18. The van der Waals surface area contributed by atoms with E-state index in [0.29, 0.717) is 15.4 Å². The first-order valence-electron chi connectivity index (χ1n) is 8.23. The van der Waals surface area contributed by atoms with Crippen LogP contribution in [0.4, 0.5) is 0 Å². The fourth-order valence-corrected chi connectivity index (χ4v) is 3.68. The first kappa shape index (κ1) is 20.7. The number of sulfonamides is 1. The largest absolute Gasteiger partial charge is 0.425 e. The van der Waals surface area contributed by atoms with Crippen molar-refractivity contribution in [1.82, 2.24) is 4.83 Å². The molecule has 0 amide bonds. The summed E-state index contributed by atoms with van der Waals surface area (Å²) < 4.78 is 35.2. The maximum Gasteiger partial charge on any atom is 0.336 e. The summed E-state index contributed by atoms with van der Waals surface area (Å²) in [4.78, 5) is 25.2. The minimum atomic E-state index is -3.86. The Morgan fingerprint density at radius 2 is 1.90 bits per heavy atom. The van der Waals surface area contributed by atoms with E-state index in [4.69, 9.17) is 9.15 Å². The van der Waals surface area contributed by atoms with Crippen LogP contribution in [0.3, 0.4) is 0 Å². The summed E-state index contributed by atoms with van der Waals surface area (Å²) in [6, 6.07) is 10.4. The van der Waals surface area contributed by atoms with Crippen molar-refractivity contribution in [1.29, 1.82) is 0 Å². The van der Waals surface area contributed by atoms with E-state index in [2.05, 4.69) is 25.9 Å². The van der Waals surface area contributed by atoms with E-state index in [1.54, 1.807) is 18.2 Å². The Labute approximate surface area is 174 Å². The van der Waals surface area contributed by atoms with Crippen LogP contribution in [0.25, 0.3) is 11.0 Å². The molecule has 3 rings (SSSR count). The smallest absolute Gasteiger partial charge is 0.336 e. The summed E-state index contributed by atoms with van der Waals surface area (Å²) in [5.41, 5.74) is 0.725. The van der Waals surface area contributed by atoms with Gasteiger partial charge in [-0.25, -0.2) is 9.63 Å². The number of aryl methyl sites for hydroxylation is 1. The third kappa shape index (κ3) is 4.90. The maximum absolute atomic E-state index is 12.3. The molecule has 2 aromatic carbocycles. The van der Waals surface area contributed by atoms with Gasteiger partial charge in [0.05, 0.1) is 15.6 Å². The lowest BCUT2D eigenvalue weighted by Gasteiger charge is -2.07. The van der Waals surface area contributed by atoms with Gasteiger partial charge in [-0.3, -0.25) is 4.79 Å². The molecule has 29 heavy (non-hydrogen) atoms. The summed E-state index contributed by atoms with van der Waals surface area (Å²) in [6.07, 6.45) is 1.20. The summed E-state index contributed by atoms with van der Waals surface area (Å²) >= 11 is 3.28. The van der Waals surface area contributed by atoms with Gasteiger partial charge in [0.15, 0.2) is 0 Å². The van der Waals surface area contributed by atoms with Gasteiger partial charge < -0.3 is 9.15 Å². The molecule has 0 bridgehead atoms. The second-order valence-electron chi connectivity index (χ2n) is 6.06. The standard InChI is InChI=1S/C19H15BrN2O6S/c1-11-3-5-14(6-4-11)29(25,26)22-21-10-13-7-19(24)28-17-9-18(27-12(2)23)16(20)8-15(13)17/h3-10,22H,1-2H3/b21-10+. The van der Waals surface area contributed by atoms with Crippen LogP contribution in [0, 0.1) is 6.92 Å². The number of esters is 1. The summed E-state index contributed by atoms with van der Waals surface area (Å²) in [7, 11) is -3.86. The van der Waals surface area contributed by atoms with E-state index in [1.807, 2.05) is 6.92 Å². The Bertz CT molecular complexity index is 1280. The molecule has 1 N–H and O–H groups in total. The highest BCUT2D eigenvalue weighted by Gasteiger charge is 2.13. The number of ether oxygens (including phenoxy) is 1. The van der Waals surface area contributed by atoms with Gasteiger partial charge in [0.25, 0.3) is 10.0 Å². The predicted octanol–water partition coefficient (Wildman–Crippen LogP) is 3.10. The Morgan fingerprint density at radius 3 is 2.55 bits per heavy atom. The van der Waals surface area contributed by atoms with Crippen LogP contribution >= 0.6 is 15.9 Å². The molecule has 8 nitrogen and oxygen atoms in total. The third-order valence-corrected chi connectivity index (χ3v) is 5.65. The fraction of sp³-hybridized carbons (Fsp3) is 0.105. The molecule has 0 saturated heterocycles. The third-order valence-electron chi connectivity index (χ3n) is 3.79. The van der Waals surface area contributed by atoms with Crippen LogP contribution in [0.1, 0.15) is 18.1 Å². The summed E-state index contributed by atoms with van der Waals surface area (Å²) in [5, 5.41) is 4.22. The van der Waals surface area contributed by atoms with Crippen LogP contribution in [0.5, 0.6) is 5.75 Å². The van der Waals surface area contributed by atoms with Gasteiger partial charge in [-0.2, -0.15) is 13.5 Å². The first-order valence-corrected chi connectivity index (χ1v) is 10.5. The predicted molar refractivity (Wildman–Crippen MR) is 111 cm³/mol. The van der Waals surface area contributed by atoms with Crippen molar-refractivity contribution in [2.24, 2.45) is 5.10 Å². The van der Waals surface area contributed by atoms with E-state index in [-0.39, 0.29) is 16.2 Å². The van der Waals surface area contributed by atoms with Gasteiger partial charge in [-0.05, 0) is 41.1 Å². The number of nitrogens with zero attached hydrogens (tertiary/aromatic N) is 1. The molecule has 0 aliphatic rings. The van der Waals surface area contributed by atoms with E-state index in [0.717, 1.165) is 5.56 Å². The molecule has 0 atom stereocenters. The van der Waals surface area contributed by atoms with E-state index < -0.39 is 21.6 Å². The van der Waals surface area contributed by atoms with Crippen LogP contribution in [-0.2, 0) is 14.8 Å². The Kier molecular flexibility index (Phi) is 5.85. The van der Waals surface area contributed by atoms with Crippen molar-refractivity contribution in [2.75, 3.05) is 0 Å². The average molecular weight is 479 g/mol. The van der Waals surface area contributed by atoms with Gasteiger partial charge in [0.2, 0.25) is 0 Å². The molecular formula is C19H15BrN2O6S. The Balaban J connectivity index is 1.95. The second kappa shape index (κ2) is 8.18. The molecule has 0 unspecified atom stereocenters. The molecule has 150 valence electrons. The molecule has 1 aromatic heterocycles. The SMILES string of the molecule is CC(=O)Oc1cc2oc(=O)cc(/C=N/NS(=O)(=O)c3ccc(C)cc3)c2cc1Br. The molecule has 0 saturated carbocycles. The zero-order valence-electron chi connectivity index (χ0n) is 15.3. The monoisotopic (exact) mass is 478 g/mol. The Hall–Kier alpha value is -2.98. The van der Waals surface area contributed by atoms with Crippen molar-refractivity contribution < 1.29 is 22.4 Å². The highest BCUT2D eigenvalue weighted by molar-refractivity contribution is 9.10. The van der Waals surface area contributed by atoms with E-state index >= 15 is 0 Å². The maximum atomic E-state index is 12.3. The van der Waals surface area contributed by atoms with Crippen molar-refractivity contribution in [3.8, 4) is 5.75 Å². The number of hydrogen-bond donors (Lipinski definition) is 1. The summed E-state index contributed by atoms with van der Waals surface area (Å²) in [5.74, 6) is -0.349. The zero-order chi connectivity index (χ0) is 21.2. The molecule has 0 aliphatic heterocycles. The number of rotatable bonds is 5. The number of nitrogens with one attached hydrogen (secondary N) is 1. The van der Waals surface area contributed by atoms with E-state index in [1.165, 1.54) is 37.4 Å². The number of carbonyl (C=O) groups is 1. The van der Waals surface area contributed by atoms with Crippen molar-refractivity contribution in [3.63, 3.8) is 0 Å². The topological polar surface area (TPSA) is 115 Å². The highest BCUT2D eigenvalue weighted by atomic mass is 79.9. The molecule has 0 radical (unpaired) electrons. The zero-order valence-corrected chi connectivity index (χ0v) is 17.7. The number of hydrogen-bond acceptors (Lipinski definition) is 7.